The fourth-order valence-electron chi connectivity index (χ4n) is 8.29. The smallest absolute Gasteiger partial charge is 0.306 e. The lowest BCUT2D eigenvalue weighted by Crippen LogP contribution is -2.30. The summed E-state index contributed by atoms with van der Waals surface area (Å²) in [5.41, 5.74) is 0. The predicted octanol–water partition coefficient (Wildman–Crippen LogP) is 19.8. The van der Waals surface area contributed by atoms with Crippen LogP contribution in [0.1, 0.15) is 290 Å². The van der Waals surface area contributed by atoms with Gasteiger partial charge in [0.25, 0.3) is 0 Å². The molecule has 0 aliphatic carbocycles. The van der Waals surface area contributed by atoms with Crippen molar-refractivity contribution in [3.8, 4) is 0 Å². The van der Waals surface area contributed by atoms with Crippen molar-refractivity contribution < 1.29 is 28.6 Å². The molecule has 0 aromatic rings. The summed E-state index contributed by atoms with van der Waals surface area (Å²) in [5, 5.41) is 0. The Morgan fingerprint density at radius 3 is 0.899 bits per heavy atom. The summed E-state index contributed by atoms with van der Waals surface area (Å²) in [6.45, 7) is 6.52. The van der Waals surface area contributed by atoms with Crippen LogP contribution in [-0.4, -0.2) is 37.2 Å². The molecule has 69 heavy (non-hydrogen) atoms. The highest BCUT2D eigenvalue weighted by Crippen LogP contribution is 2.16. The zero-order valence-electron chi connectivity index (χ0n) is 45.6. The average Bonchev–Trinajstić information content (AvgIpc) is 3.35. The van der Waals surface area contributed by atoms with Gasteiger partial charge in [-0.05, 0) is 89.9 Å². The van der Waals surface area contributed by atoms with E-state index in [4.69, 9.17) is 14.2 Å². The zero-order valence-corrected chi connectivity index (χ0v) is 45.6. The molecule has 1 unspecified atom stereocenters. The lowest BCUT2D eigenvalue weighted by Gasteiger charge is -2.18. The number of carbonyl (C=O) groups excluding carboxylic acids is 3. The van der Waals surface area contributed by atoms with Gasteiger partial charge in [0.2, 0.25) is 0 Å². The Morgan fingerprint density at radius 1 is 0.304 bits per heavy atom. The molecule has 0 radical (unpaired) electrons. The number of esters is 3. The standard InChI is InChI=1S/C63H110O6/c1-4-7-10-13-16-19-22-25-28-29-30-31-32-33-34-35-36-39-41-44-47-50-53-56-62(65)68-59-60(69-63(66)57-54-51-48-45-42-38-27-24-21-18-15-12-9-6-3)58-67-61(64)55-52-49-46-43-40-37-26-23-20-17-14-11-8-5-2/h7,10,16,19,24-25,27-28,30-31,33-34,60H,4-6,8-9,11-15,17-18,20-23,26,29,32,35-59H2,1-3H3/b10-7-,19-16-,27-24-,28-25-,31-30-,34-33-. The minimum atomic E-state index is -0.783. The first kappa shape index (κ1) is 65.8. The minimum absolute atomic E-state index is 0.0796. The zero-order chi connectivity index (χ0) is 50.0. The van der Waals surface area contributed by atoms with Crippen molar-refractivity contribution in [2.45, 2.75) is 297 Å². The van der Waals surface area contributed by atoms with Crippen LogP contribution in [0.15, 0.2) is 72.9 Å². The predicted molar refractivity (Wildman–Crippen MR) is 298 cm³/mol. The van der Waals surface area contributed by atoms with Gasteiger partial charge in [-0.25, -0.2) is 0 Å². The molecule has 0 aromatic heterocycles. The Hall–Kier alpha value is -3.15. The summed E-state index contributed by atoms with van der Waals surface area (Å²) < 4.78 is 16.9. The molecular weight excluding hydrogens is 853 g/mol. The Labute approximate surface area is 427 Å². The lowest BCUT2D eigenvalue weighted by atomic mass is 10.0. The number of hydrogen-bond donors (Lipinski definition) is 0. The van der Waals surface area contributed by atoms with Gasteiger partial charge in [-0.1, -0.05) is 254 Å². The van der Waals surface area contributed by atoms with Crippen LogP contribution in [0, 0.1) is 0 Å². The van der Waals surface area contributed by atoms with Crippen molar-refractivity contribution in [1.82, 2.24) is 0 Å². The molecule has 6 heteroatoms. The summed E-state index contributed by atoms with van der Waals surface area (Å²) in [4.78, 5) is 38.2. The summed E-state index contributed by atoms with van der Waals surface area (Å²) in [7, 11) is 0. The second-order valence-corrected chi connectivity index (χ2v) is 19.5. The Morgan fingerprint density at radius 2 is 0.565 bits per heavy atom. The molecule has 398 valence electrons. The minimum Gasteiger partial charge on any atom is -0.462 e. The topological polar surface area (TPSA) is 78.9 Å². The molecule has 0 rings (SSSR count). The molecule has 0 saturated carbocycles. The Balaban J connectivity index is 4.35. The third-order valence-corrected chi connectivity index (χ3v) is 12.7. The summed E-state index contributed by atoms with van der Waals surface area (Å²) >= 11 is 0. The molecule has 0 aliphatic rings. The maximum Gasteiger partial charge on any atom is 0.306 e. The van der Waals surface area contributed by atoms with Crippen molar-refractivity contribution in [3.05, 3.63) is 72.9 Å². The van der Waals surface area contributed by atoms with E-state index in [1.165, 1.54) is 141 Å². The number of allylic oxidation sites excluding steroid dienone is 12. The number of unbranched alkanes of at least 4 members (excludes halogenated alkanes) is 30. The Kier molecular flexibility index (Phi) is 54.8. The van der Waals surface area contributed by atoms with E-state index in [0.717, 1.165) is 109 Å². The Bertz CT molecular complexity index is 1290. The number of ether oxygens (including phenoxy) is 3. The van der Waals surface area contributed by atoms with Crippen molar-refractivity contribution in [2.75, 3.05) is 13.2 Å². The van der Waals surface area contributed by atoms with Crippen molar-refractivity contribution in [2.24, 2.45) is 0 Å². The summed E-state index contributed by atoms with van der Waals surface area (Å²) in [5.74, 6) is -0.889. The van der Waals surface area contributed by atoms with E-state index in [0.29, 0.717) is 19.3 Å². The van der Waals surface area contributed by atoms with E-state index < -0.39 is 6.10 Å². The van der Waals surface area contributed by atoms with Gasteiger partial charge in [-0.2, -0.15) is 0 Å². The molecule has 0 amide bonds. The van der Waals surface area contributed by atoms with Crippen LogP contribution >= 0.6 is 0 Å². The van der Waals surface area contributed by atoms with Crippen LogP contribution in [0.4, 0.5) is 0 Å². The van der Waals surface area contributed by atoms with Gasteiger partial charge in [0.1, 0.15) is 13.2 Å². The van der Waals surface area contributed by atoms with E-state index in [9.17, 15) is 14.4 Å². The van der Waals surface area contributed by atoms with Crippen LogP contribution in [0.5, 0.6) is 0 Å². The highest BCUT2D eigenvalue weighted by molar-refractivity contribution is 5.71. The number of hydrogen-bond acceptors (Lipinski definition) is 6. The largest absolute Gasteiger partial charge is 0.462 e. The quantitative estimate of drug-likeness (QED) is 0.0262. The molecular formula is C63H110O6. The number of rotatable bonds is 53. The summed E-state index contributed by atoms with van der Waals surface area (Å²) in [6, 6.07) is 0. The molecule has 0 aromatic carbocycles. The maximum absolute atomic E-state index is 12.8. The molecule has 0 spiro atoms. The molecule has 0 N–H and O–H groups in total. The molecule has 0 saturated heterocycles. The van der Waals surface area contributed by atoms with Gasteiger partial charge in [-0.3, -0.25) is 14.4 Å². The normalized spacial score (nSPS) is 12.6. The van der Waals surface area contributed by atoms with Gasteiger partial charge in [-0.15, -0.1) is 0 Å². The van der Waals surface area contributed by atoms with Gasteiger partial charge in [0.15, 0.2) is 6.10 Å². The summed E-state index contributed by atoms with van der Waals surface area (Å²) in [6.07, 6.45) is 73.2. The molecule has 1 atom stereocenters. The first-order valence-corrected chi connectivity index (χ1v) is 29.4. The van der Waals surface area contributed by atoms with E-state index in [1.54, 1.807) is 0 Å². The SMILES string of the molecule is CC/C=C\C/C=C\C/C=C\C/C=C\C/C=C\CCCCCCCCCC(=O)OCC(COC(=O)CCCCCCCCCCCCCCCC)OC(=O)CCCCCCC/C=C\CCCCCCC. The first-order valence-electron chi connectivity index (χ1n) is 29.4. The van der Waals surface area contributed by atoms with Crippen LogP contribution in [-0.2, 0) is 28.6 Å². The van der Waals surface area contributed by atoms with Crippen molar-refractivity contribution >= 4 is 17.9 Å². The van der Waals surface area contributed by atoms with E-state index in [1.807, 2.05) is 0 Å². The second kappa shape index (κ2) is 57.4. The first-order chi connectivity index (χ1) is 34.0. The highest BCUT2D eigenvalue weighted by atomic mass is 16.6. The second-order valence-electron chi connectivity index (χ2n) is 19.5. The van der Waals surface area contributed by atoms with Crippen LogP contribution in [0.3, 0.4) is 0 Å². The molecule has 0 heterocycles. The monoisotopic (exact) mass is 963 g/mol. The van der Waals surface area contributed by atoms with Crippen LogP contribution in [0.2, 0.25) is 0 Å². The third kappa shape index (κ3) is 55.6. The van der Waals surface area contributed by atoms with E-state index in [2.05, 4.69) is 93.7 Å². The highest BCUT2D eigenvalue weighted by Gasteiger charge is 2.19. The fourth-order valence-corrected chi connectivity index (χ4v) is 8.29. The van der Waals surface area contributed by atoms with Crippen molar-refractivity contribution in [1.29, 1.82) is 0 Å². The fraction of sp³-hybridized carbons (Fsp3) is 0.762. The van der Waals surface area contributed by atoms with E-state index >= 15 is 0 Å². The lowest BCUT2D eigenvalue weighted by molar-refractivity contribution is -0.167. The molecule has 0 fully saturated rings. The van der Waals surface area contributed by atoms with Gasteiger partial charge in [0.05, 0.1) is 0 Å². The van der Waals surface area contributed by atoms with Gasteiger partial charge >= 0.3 is 17.9 Å². The van der Waals surface area contributed by atoms with Gasteiger partial charge in [0, 0.05) is 19.3 Å². The molecule has 0 bridgehead atoms. The van der Waals surface area contributed by atoms with Gasteiger partial charge < -0.3 is 14.2 Å². The molecule has 6 nitrogen and oxygen atoms in total. The maximum atomic E-state index is 12.8. The average molecular weight is 964 g/mol. The van der Waals surface area contributed by atoms with E-state index in [-0.39, 0.29) is 31.1 Å². The number of carbonyl (C=O) groups is 3. The third-order valence-electron chi connectivity index (χ3n) is 12.7. The van der Waals surface area contributed by atoms with Crippen molar-refractivity contribution in [3.63, 3.8) is 0 Å². The van der Waals surface area contributed by atoms with Crippen LogP contribution in [0.25, 0.3) is 0 Å². The van der Waals surface area contributed by atoms with Crippen LogP contribution < -0.4 is 0 Å². The molecule has 0 aliphatic heterocycles.